The second-order valence-corrected chi connectivity index (χ2v) is 2.54. The Hall–Kier alpha value is 1.48. The van der Waals surface area contributed by atoms with Gasteiger partial charge in [-0.15, -0.1) is 0 Å². The van der Waals surface area contributed by atoms with E-state index in [2.05, 4.69) is 22.9 Å². The molecule has 0 rings (SSSR count). The van der Waals surface area contributed by atoms with Crippen molar-refractivity contribution in [2.75, 3.05) is 5.33 Å². The van der Waals surface area contributed by atoms with Crippen molar-refractivity contribution in [2.24, 2.45) is 0 Å². The van der Waals surface area contributed by atoms with Gasteiger partial charge in [0, 0.05) is 5.33 Å². The second kappa shape index (κ2) is 11.3. The molecule has 0 nitrogen and oxygen atoms in total. The van der Waals surface area contributed by atoms with Gasteiger partial charge in [-0.2, -0.15) is 0 Å². The molecule has 46 valence electrons. The molecule has 0 atom stereocenters. The zero-order valence-corrected chi connectivity index (χ0v) is 6.50. The Morgan fingerprint density at radius 2 is 1.75 bits per heavy atom. The average molecular weight is 189 g/mol. The number of hydrogen-bond acceptors (Lipinski definition) is 0. The number of unbranched alkanes of at least 4 members (excludes halogenated alkanes) is 3. The van der Waals surface area contributed by atoms with Crippen molar-refractivity contribution in [3.05, 3.63) is 0 Å². The van der Waals surface area contributed by atoms with Crippen LogP contribution in [0.4, 0.5) is 0 Å². The first-order valence-corrected chi connectivity index (χ1v) is 4.10. The number of halogens is 1. The summed E-state index contributed by atoms with van der Waals surface area (Å²) in [5.74, 6) is 0. The predicted molar refractivity (Wildman–Crippen MR) is 45.1 cm³/mol. The molecule has 0 aromatic carbocycles. The SMILES string of the molecule is CCCCCCBr.[NaH]. The van der Waals surface area contributed by atoms with Crippen molar-refractivity contribution in [3.8, 4) is 0 Å². The van der Waals surface area contributed by atoms with Crippen molar-refractivity contribution in [1.82, 2.24) is 0 Å². The third kappa shape index (κ3) is 10.5. The summed E-state index contributed by atoms with van der Waals surface area (Å²) in [6.07, 6.45) is 5.47. The Morgan fingerprint density at radius 1 is 1.12 bits per heavy atom. The van der Waals surface area contributed by atoms with Crippen LogP contribution >= 0.6 is 15.9 Å². The summed E-state index contributed by atoms with van der Waals surface area (Å²) >= 11 is 3.38. The van der Waals surface area contributed by atoms with Gasteiger partial charge >= 0.3 is 29.6 Å². The van der Waals surface area contributed by atoms with Gasteiger partial charge in [0.1, 0.15) is 0 Å². The summed E-state index contributed by atoms with van der Waals surface area (Å²) in [5.41, 5.74) is 0. The van der Waals surface area contributed by atoms with Gasteiger partial charge in [-0.05, 0) is 6.42 Å². The van der Waals surface area contributed by atoms with E-state index < -0.39 is 0 Å². The predicted octanol–water partition coefficient (Wildman–Crippen LogP) is 2.31. The first-order valence-electron chi connectivity index (χ1n) is 2.97. The molecule has 0 aromatic heterocycles. The summed E-state index contributed by atoms with van der Waals surface area (Å²) in [4.78, 5) is 0. The number of hydrogen-bond donors (Lipinski definition) is 0. The molecular weight excluding hydrogens is 175 g/mol. The minimum atomic E-state index is 0. The van der Waals surface area contributed by atoms with E-state index in [1.54, 1.807) is 0 Å². The molecular formula is C6H14BrNa. The van der Waals surface area contributed by atoms with Gasteiger partial charge in [-0.25, -0.2) is 0 Å². The van der Waals surface area contributed by atoms with Gasteiger partial charge in [0.25, 0.3) is 0 Å². The topological polar surface area (TPSA) is 0 Å². The van der Waals surface area contributed by atoms with Crippen LogP contribution in [-0.4, -0.2) is 34.9 Å². The molecule has 0 saturated carbocycles. The van der Waals surface area contributed by atoms with Crippen LogP contribution < -0.4 is 0 Å². The Bertz CT molecular complexity index is 27.7. The van der Waals surface area contributed by atoms with Crippen molar-refractivity contribution in [2.45, 2.75) is 32.6 Å². The maximum atomic E-state index is 3.38. The quantitative estimate of drug-likeness (QED) is 0.361. The Balaban J connectivity index is 0. The van der Waals surface area contributed by atoms with E-state index in [1.165, 1.54) is 31.0 Å². The van der Waals surface area contributed by atoms with Gasteiger partial charge in [0.05, 0.1) is 0 Å². The van der Waals surface area contributed by atoms with Gasteiger partial charge in [0.2, 0.25) is 0 Å². The Morgan fingerprint density at radius 3 is 2.12 bits per heavy atom. The summed E-state index contributed by atoms with van der Waals surface area (Å²) in [7, 11) is 0. The summed E-state index contributed by atoms with van der Waals surface area (Å²) in [6, 6.07) is 0. The molecule has 0 saturated heterocycles. The molecule has 0 aliphatic carbocycles. The van der Waals surface area contributed by atoms with Crippen molar-refractivity contribution >= 4 is 45.5 Å². The molecule has 0 bridgehead atoms. The molecule has 0 fully saturated rings. The van der Waals surface area contributed by atoms with Crippen molar-refractivity contribution in [3.63, 3.8) is 0 Å². The zero-order valence-electron chi connectivity index (χ0n) is 4.91. The summed E-state index contributed by atoms with van der Waals surface area (Å²) in [6.45, 7) is 2.23. The molecule has 0 aromatic rings. The molecule has 0 aliphatic rings. The zero-order chi connectivity index (χ0) is 5.54. The van der Waals surface area contributed by atoms with Crippen LogP contribution in [0.2, 0.25) is 0 Å². The standard InChI is InChI=1S/C6H13Br.Na.H/c1-2-3-4-5-6-7;;/h2-6H2,1H3;;. The van der Waals surface area contributed by atoms with E-state index in [-0.39, 0.29) is 29.6 Å². The molecule has 0 radical (unpaired) electrons. The fourth-order valence-electron chi connectivity index (χ4n) is 0.521. The van der Waals surface area contributed by atoms with E-state index in [1.807, 2.05) is 0 Å². The van der Waals surface area contributed by atoms with Gasteiger partial charge in [-0.1, -0.05) is 42.1 Å². The number of alkyl halides is 1. The van der Waals surface area contributed by atoms with Crippen LogP contribution in [0.1, 0.15) is 32.6 Å². The van der Waals surface area contributed by atoms with Gasteiger partial charge in [0.15, 0.2) is 0 Å². The summed E-state index contributed by atoms with van der Waals surface area (Å²) in [5, 5.41) is 1.17. The third-order valence-electron chi connectivity index (χ3n) is 0.987. The molecule has 0 unspecified atom stereocenters. The molecule has 8 heavy (non-hydrogen) atoms. The third-order valence-corrected chi connectivity index (χ3v) is 1.55. The summed E-state index contributed by atoms with van der Waals surface area (Å²) < 4.78 is 0. The van der Waals surface area contributed by atoms with E-state index in [0.29, 0.717) is 0 Å². The van der Waals surface area contributed by atoms with Gasteiger partial charge < -0.3 is 0 Å². The molecule has 0 aliphatic heterocycles. The number of rotatable bonds is 4. The fraction of sp³-hybridized carbons (Fsp3) is 1.00. The van der Waals surface area contributed by atoms with Crippen LogP contribution in [0.3, 0.4) is 0 Å². The van der Waals surface area contributed by atoms with Crippen LogP contribution in [0.5, 0.6) is 0 Å². The van der Waals surface area contributed by atoms with E-state index in [0.717, 1.165) is 0 Å². The Kier molecular flexibility index (Phi) is 17.2. The maximum absolute atomic E-state index is 3.38. The molecule has 0 spiro atoms. The monoisotopic (exact) mass is 188 g/mol. The molecule has 2 heteroatoms. The van der Waals surface area contributed by atoms with Crippen LogP contribution in [-0.2, 0) is 0 Å². The van der Waals surface area contributed by atoms with E-state index in [9.17, 15) is 0 Å². The second-order valence-electron chi connectivity index (χ2n) is 1.75. The molecule has 0 heterocycles. The molecule has 0 amide bonds. The first-order chi connectivity index (χ1) is 3.41. The van der Waals surface area contributed by atoms with Crippen LogP contribution in [0.25, 0.3) is 0 Å². The van der Waals surface area contributed by atoms with Crippen molar-refractivity contribution in [1.29, 1.82) is 0 Å². The van der Waals surface area contributed by atoms with E-state index >= 15 is 0 Å². The van der Waals surface area contributed by atoms with Crippen LogP contribution in [0.15, 0.2) is 0 Å². The van der Waals surface area contributed by atoms with Crippen molar-refractivity contribution < 1.29 is 0 Å². The normalized spacial score (nSPS) is 8.25. The van der Waals surface area contributed by atoms with Crippen LogP contribution in [0, 0.1) is 0 Å². The minimum absolute atomic E-state index is 0. The Labute approximate surface area is 82.8 Å². The first kappa shape index (κ1) is 12.2. The molecule has 0 N–H and O–H groups in total. The van der Waals surface area contributed by atoms with Gasteiger partial charge in [-0.3, -0.25) is 0 Å². The van der Waals surface area contributed by atoms with E-state index in [4.69, 9.17) is 0 Å². The fourth-order valence-corrected chi connectivity index (χ4v) is 0.918. The average Bonchev–Trinajstić information content (AvgIpc) is 1.69.